The quantitative estimate of drug-likeness (QED) is 0.555. The van der Waals surface area contributed by atoms with Crippen LogP contribution in [0.4, 0.5) is 8.78 Å². The van der Waals surface area contributed by atoms with Gasteiger partial charge in [0.15, 0.2) is 5.96 Å². The lowest BCUT2D eigenvalue weighted by atomic mass is 10.1. The number of nitrogens with zero attached hydrogens (tertiary/aromatic N) is 1. The SMILES string of the molecule is CCNC(=NCc1cc(C)ccc1OC(F)F)NCCC1CCCO1. The van der Waals surface area contributed by atoms with Crippen LogP contribution in [0, 0.1) is 6.92 Å². The van der Waals surface area contributed by atoms with Gasteiger partial charge in [-0.15, -0.1) is 0 Å². The molecular formula is C18H27F2N3O2. The zero-order chi connectivity index (χ0) is 18.1. The number of nitrogens with one attached hydrogen (secondary N) is 2. The molecule has 1 aliphatic rings. The van der Waals surface area contributed by atoms with E-state index in [4.69, 9.17) is 4.74 Å². The van der Waals surface area contributed by atoms with Gasteiger partial charge in [-0.2, -0.15) is 8.78 Å². The van der Waals surface area contributed by atoms with Crippen LogP contribution in [-0.4, -0.2) is 38.4 Å². The first kappa shape index (κ1) is 19.4. The largest absolute Gasteiger partial charge is 0.434 e. The molecule has 1 unspecified atom stereocenters. The number of hydrogen-bond donors (Lipinski definition) is 2. The minimum Gasteiger partial charge on any atom is -0.434 e. The van der Waals surface area contributed by atoms with E-state index < -0.39 is 6.61 Å². The summed E-state index contributed by atoms with van der Waals surface area (Å²) in [6, 6.07) is 5.12. The van der Waals surface area contributed by atoms with Gasteiger partial charge in [0, 0.05) is 25.3 Å². The molecule has 0 saturated carbocycles. The average molecular weight is 355 g/mol. The number of aliphatic imine (C=N–C) groups is 1. The van der Waals surface area contributed by atoms with E-state index in [1.165, 1.54) is 0 Å². The molecule has 1 aromatic rings. The molecule has 1 aliphatic heterocycles. The zero-order valence-corrected chi connectivity index (χ0v) is 14.9. The summed E-state index contributed by atoms with van der Waals surface area (Å²) in [6.45, 7) is 3.63. The molecule has 7 heteroatoms. The molecule has 140 valence electrons. The van der Waals surface area contributed by atoms with Crippen molar-refractivity contribution in [3.8, 4) is 5.75 Å². The van der Waals surface area contributed by atoms with Crippen molar-refractivity contribution >= 4 is 5.96 Å². The van der Waals surface area contributed by atoms with Gasteiger partial charge >= 0.3 is 6.61 Å². The van der Waals surface area contributed by atoms with Crippen molar-refractivity contribution in [3.63, 3.8) is 0 Å². The minimum atomic E-state index is -2.84. The molecule has 1 fully saturated rings. The van der Waals surface area contributed by atoms with Gasteiger partial charge in [0.25, 0.3) is 0 Å². The number of halogens is 2. The highest BCUT2D eigenvalue weighted by atomic mass is 19.3. The second-order valence-corrected chi connectivity index (χ2v) is 6.04. The van der Waals surface area contributed by atoms with Crippen LogP contribution in [0.5, 0.6) is 5.75 Å². The number of alkyl halides is 2. The van der Waals surface area contributed by atoms with Crippen LogP contribution in [0.25, 0.3) is 0 Å². The summed E-state index contributed by atoms with van der Waals surface area (Å²) in [5, 5.41) is 6.42. The van der Waals surface area contributed by atoms with Gasteiger partial charge in [-0.05, 0) is 39.2 Å². The van der Waals surface area contributed by atoms with E-state index in [-0.39, 0.29) is 12.3 Å². The molecule has 0 amide bonds. The van der Waals surface area contributed by atoms with Gasteiger partial charge in [-0.3, -0.25) is 0 Å². The van der Waals surface area contributed by atoms with E-state index in [1.807, 2.05) is 19.9 Å². The van der Waals surface area contributed by atoms with E-state index in [9.17, 15) is 8.78 Å². The Morgan fingerprint density at radius 3 is 2.92 bits per heavy atom. The Hall–Kier alpha value is -1.89. The first-order valence-corrected chi connectivity index (χ1v) is 8.76. The molecule has 0 aliphatic carbocycles. The van der Waals surface area contributed by atoms with Crippen LogP contribution >= 0.6 is 0 Å². The number of hydrogen-bond acceptors (Lipinski definition) is 3. The summed E-state index contributed by atoms with van der Waals surface area (Å²) in [5.41, 5.74) is 1.61. The Labute approximate surface area is 147 Å². The van der Waals surface area contributed by atoms with Gasteiger partial charge in [-0.25, -0.2) is 4.99 Å². The zero-order valence-electron chi connectivity index (χ0n) is 14.9. The molecule has 1 atom stereocenters. The summed E-state index contributed by atoms with van der Waals surface area (Å²) < 4.78 is 35.3. The minimum absolute atomic E-state index is 0.166. The second-order valence-electron chi connectivity index (χ2n) is 6.04. The van der Waals surface area contributed by atoms with Gasteiger partial charge < -0.3 is 20.1 Å². The lowest BCUT2D eigenvalue weighted by Crippen LogP contribution is -2.38. The van der Waals surface area contributed by atoms with Crippen LogP contribution in [0.15, 0.2) is 23.2 Å². The van der Waals surface area contributed by atoms with Crippen LogP contribution in [-0.2, 0) is 11.3 Å². The highest BCUT2D eigenvalue weighted by Gasteiger charge is 2.15. The third-order valence-corrected chi connectivity index (χ3v) is 3.97. The Kier molecular flexibility index (Phi) is 7.91. The van der Waals surface area contributed by atoms with Crippen LogP contribution < -0.4 is 15.4 Å². The third kappa shape index (κ3) is 6.86. The van der Waals surface area contributed by atoms with Crippen LogP contribution in [0.1, 0.15) is 37.3 Å². The highest BCUT2D eigenvalue weighted by Crippen LogP contribution is 2.23. The molecule has 0 radical (unpaired) electrons. The summed E-state index contributed by atoms with van der Waals surface area (Å²) in [5.74, 6) is 0.824. The van der Waals surface area contributed by atoms with E-state index in [2.05, 4.69) is 20.4 Å². The standard InChI is InChI=1S/C18H27F2N3O2/c1-3-21-18(22-9-8-15-5-4-10-24-15)23-12-14-11-13(2)6-7-16(14)25-17(19)20/h6-7,11,15,17H,3-5,8-10,12H2,1-2H3,(H2,21,22,23). The lowest BCUT2D eigenvalue weighted by molar-refractivity contribution is -0.0504. The van der Waals surface area contributed by atoms with Gasteiger partial charge in [0.1, 0.15) is 5.75 Å². The first-order chi connectivity index (χ1) is 12.1. The molecule has 0 bridgehead atoms. The lowest BCUT2D eigenvalue weighted by Gasteiger charge is -2.14. The van der Waals surface area contributed by atoms with Crippen molar-refractivity contribution in [3.05, 3.63) is 29.3 Å². The summed E-state index contributed by atoms with van der Waals surface area (Å²) in [7, 11) is 0. The Bertz CT molecular complexity index is 561. The summed E-state index contributed by atoms with van der Waals surface area (Å²) >= 11 is 0. The maximum absolute atomic E-state index is 12.5. The van der Waals surface area contributed by atoms with Crippen molar-refractivity contribution in [2.75, 3.05) is 19.7 Å². The number of benzene rings is 1. The number of aryl methyl sites for hydroxylation is 1. The van der Waals surface area contributed by atoms with E-state index in [0.29, 0.717) is 17.6 Å². The normalized spacial score (nSPS) is 17.8. The van der Waals surface area contributed by atoms with Crippen molar-refractivity contribution in [2.24, 2.45) is 4.99 Å². The molecule has 5 nitrogen and oxygen atoms in total. The van der Waals surface area contributed by atoms with Crippen molar-refractivity contribution in [2.45, 2.75) is 52.4 Å². The Morgan fingerprint density at radius 1 is 1.40 bits per heavy atom. The fourth-order valence-electron chi connectivity index (χ4n) is 2.77. The molecule has 1 saturated heterocycles. The Morgan fingerprint density at radius 2 is 2.24 bits per heavy atom. The topological polar surface area (TPSA) is 54.9 Å². The van der Waals surface area contributed by atoms with E-state index >= 15 is 0 Å². The van der Waals surface area contributed by atoms with Gasteiger partial charge in [-0.1, -0.05) is 17.7 Å². The van der Waals surface area contributed by atoms with Gasteiger partial charge in [0.05, 0.1) is 12.6 Å². The average Bonchev–Trinajstić information content (AvgIpc) is 3.08. The fraction of sp³-hybridized carbons (Fsp3) is 0.611. The predicted molar refractivity (Wildman–Crippen MR) is 94.2 cm³/mol. The van der Waals surface area contributed by atoms with Gasteiger partial charge in [0.2, 0.25) is 0 Å². The molecule has 1 heterocycles. The summed E-state index contributed by atoms with van der Waals surface area (Å²) in [6.07, 6.45) is 3.47. The second kappa shape index (κ2) is 10.2. The molecule has 25 heavy (non-hydrogen) atoms. The Balaban J connectivity index is 1.95. The molecule has 1 aromatic carbocycles. The maximum Gasteiger partial charge on any atom is 0.387 e. The third-order valence-electron chi connectivity index (χ3n) is 3.97. The fourth-order valence-corrected chi connectivity index (χ4v) is 2.77. The molecule has 0 spiro atoms. The molecule has 2 rings (SSSR count). The van der Waals surface area contributed by atoms with Crippen molar-refractivity contribution in [1.29, 1.82) is 0 Å². The van der Waals surface area contributed by atoms with E-state index in [0.717, 1.165) is 44.5 Å². The molecule has 0 aromatic heterocycles. The maximum atomic E-state index is 12.5. The number of rotatable bonds is 8. The highest BCUT2D eigenvalue weighted by molar-refractivity contribution is 5.79. The smallest absolute Gasteiger partial charge is 0.387 e. The first-order valence-electron chi connectivity index (χ1n) is 8.76. The molecule has 2 N–H and O–H groups in total. The van der Waals surface area contributed by atoms with Crippen LogP contribution in [0.3, 0.4) is 0 Å². The summed E-state index contributed by atoms with van der Waals surface area (Å²) in [4.78, 5) is 4.49. The monoisotopic (exact) mass is 355 g/mol. The van der Waals surface area contributed by atoms with Crippen LogP contribution in [0.2, 0.25) is 0 Å². The predicted octanol–water partition coefficient (Wildman–Crippen LogP) is 3.22. The number of ether oxygens (including phenoxy) is 2. The molecular weight excluding hydrogens is 328 g/mol. The number of guanidine groups is 1. The van der Waals surface area contributed by atoms with Crippen molar-refractivity contribution in [1.82, 2.24) is 10.6 Å². The van der Waals surface area contributed by atoms with Crippen molar-refractivity contribution < 1.29 is 18.3 Å². The van der Waals surface area contributed by atoms with E-state index in [1.54, 1.807) is 12.1 Å².